The molecule has 0 amide bonds. The van der Waals surface area contributed by atoms with Crippen LogP contribution in [0.5, 0.6) is 0 Å². The maximum Gasteiger partial charge on any atom is 0.0839 e. The van der Waals surface area contributed by atoms with Gasteiger partial charge in [-0.25, -0.2) is 0 Å². The van der Waals surface area contributed by atoms with Gasteiger partial charge in [-0.3, -0.25) is 4.90 Å². The summed E-state index contributed by atoms with van der Waals surface area (Å²) in [5.74, 6) is 0. The van der Waals surface area contributed by atoms with E-state index in [2.05, 4.69) is 26.1 Å². The van der Waals surface area contributed by atoms with Gasteiger partial charge in [0.05, 0.1) is 30.0 Å². The smallest absolute Gasteiger partial charge is 0.0839 e. The van der Waals surface area contributed by atoms with E-state index >= 15 is 0 Å². The Balaban J connectivity index is 1.79. The molecule has 0 aliphatic carbocycles. The Labute approximate surface area is 126 Å². The lowest BCUT2D eigenvalue weighted by atomic mass is 10.2. The maximum atomic E-state index is 10.0. The van der Waals surface area contributed by atoms with Crippen LogP contribution >= 0.6 is 27.5 Å². The summed E-state index contributed by atoms with van der Waals surface area (Å²) < 4.78 is 6.24. The molecule has 106 valence electrons. The first-order valence-electron chi connectivity index (χ1n) is 6.32. The average molecular weight is 350 g/mol. The van der Waals surface area contributed by atoms with E-state index in [0.717, 1.165) is 36.5 Å². The van der Waals surface area contributed by atoms with Crippen LogP contribution < -0.4 is 5.32 Å². The van der Waals surface area contributed by atoms with Gasteiger partial charge >= 0.3 is 0 Å². The van der Waals surface area contributed by atoms with Crippen LogP contribution in [0.2, 0.25) is 5.02 Å². The molecule has 1 atom stereocenters. The van der Waals surface area contributed by atoms with Crippen molar-refractivity contribution in [2.24, 2.45) is 0 Å². The summed E-state index contributed by atoms with van der Waals surface area (Å²) in [5.41, 5.74) is 0.831. The minimum atomic E-state index is -0.423. The van der Waals surface area contributed by atoms with Crippen LogP contribution in [0, 0.1) is 0 Å². The van der Waals surface area contributed by atoms with E-state index in [1.165, 1.54) is 0 Å². The molecule has 1 heterocycles. The van der Waals surface area contributed by atoms with Crippen LogP contribution in [-0.4, -0.2) is 55.5 Å². The highest BCUT2D eigenvalue weighted by Gasteiger charge is 2.14. The van der Waals surface area contributed by atoms with Crippen molar-refractivity contribution >= 4 is 33.2 Å². The van der Waals surface area contributed by atoms with Crippen LogP contribution in [0.1, 0.15) is 0 Å². The van der Waals surface area contributed by atoms with Gasteiger partial charge < -0.3 is 15.2 Å². The normalized spacial score (nSPS) is 18.3. The van der Waals surface area contributed by atoms with Crippen molar-refractivity contribution in [2.75, 3.05) is 44.7 Å². The molecule has 0 radical (unpaired) electrons. The van der Waals surface area contributed by atoms with Crippen molar-refractivity contribution in [3.63, 3.8) is 0 Å². The zero-order valence-corrected chi connectivity index (χ0v) is 13.0. The number of anilines is 1. The summed E-state index contributed by atoms with van der Waals surface area (Å²) in [7, 11) is 0. The van der Waals surface area contributed by atoms with Gasteiger partial charge in [-0.2, -0.15) is 0 Å². The minimum Gasteiger partial charge on any atom is -0.390 e. The van der Waals surface area contributed by atoms with Gasteiger partial charge in [0.15, 0.2) is 0 Å². The Kier molecular flexibility index (Phi) is 5.91. The van der Waals surface area contributed by atoms with Crippen LogP contribution in [0.3, 0.4) is 0 Å². The number of benzene rings is 1. The SMILES string of the molecule is OC(CNc1cc(Br)ccc1Cl)CN1CCOCC1. The van der Waals surface area contributed by atoms with Crippen molar-refractivity contribution in [3.05, 3.63) is 27.7 Å². The lowest BCUT2D eigenvalue weighted by Gasteiger charge is -2.28. The fourth-order valence-corrected chi connectivity index (χ4v) is 2.55. The third-order valence-electron chi connectivity index (χ3n) is 3.03. The highest BCUT2D eigenvalue weighted by Crippen LogP contribution is 2.25. The molecule has 2 rings (SSSR count). The van der Waals surface area contributed by atoms with E-state index in [1.54, 1.807) is 0 Å². The average Bonchev–Trinajstić information content (AvgIpc) is 2.41. The lowest BCUT2D eigenvalue weighted by Crippen LogP contribution is -2.42. The number of hydrogen-bond donors (Lipinski definition) is 2. The molecule has 6 heteroatoms. The number of ether oxygens (including phenoxy) is 1. The molecular weight excluding hydrogens is 332 g/mol. The first kappa shape index (κ1) is 15.1. The highest BCUT2D eigenvalue weighted by molar-refractivity contribution is 9.10. The quantitative estimate of drug-likeness (QED) is 0.855. The number of nitrogens with zero attached hydrogens (tertiary/aromatic N) is 1. The second-order valence-corrected chi connectivity index (χ2v) is 5.89. The number of β-amino-alcohol motifs (C(OH)–C–C–N with tert-alkyl or cyclic N) is 1. The predicted molar refractivity (Wildman–Crippen MR) is 80.9 cm³/mol. The van der Waals surface area contributed by atoms with Crippen LogP contribution in [0.15, 0.2) is 22.7 Å². The number of aliphatic hydroxyl groups is 1. The zero-order chi connectivity index (χ0) is 13.7. The molecule has 0 spiro atoms. The molecule has 0 bridgehead atoms. The van der Waals surface area contributed by atoms with Crippen LogP contribution in [0.25, 0.3) is 0 Å². The number of nitrogens with one attached hydrogen (secondary N) is 1. The zero-order valence-electron chi connectivity index (χ0n) is 10.6. The Bertz CT molecular complexity index is 414. The molecule has 1 saturated heterocycles. The highest BCUT2D eigenvalue weighted by atomic mass is 79.9. The summed E-state index contributed by atoms with van der Waals surface area (Å²) >= 11 is 9.48. The number of aliphatic hydroxyl groups excluding tert-OH is 1. The van der Waals surface area contributed by atoms with E-state index in [-0.39, 0.29) is 0 Å². The van der Waals surface area contributed by atoms with E-state index in [0.29, 0.717) is 18.1 Å². The summed E-state index contributed by atoms with van der Waals surface area (Å²) in [6.07, 6.45) is -0.423. The molecular formula is C13H18BrClN2O2. The molecule has 1 aromatic carbocycles. The number of halogens is 2. The van der Waals surface area contributed by atoms with E-state index in [1.807, 2.05) is 18.2 Å². The molecule has 1 fully saturated rings. The second-order valence-electron chi connectivity index (χ2n) is 4.57. The topological polar surface area (TPSA) is 44.7 Å². The fourth-order valence-electron chi connectivity index (χ4n) is 2.01. The molecule has 2 N–H and O–H groups in total. The largest absolute Gasteiger partial charge is 0.390 e. The Morgan fingerprint density at radius 1 is 1.42 bits per heavy atom. The standard InChI is InChI=1S/C13H18BrClN2O2/c14-10-1-2-12(15)13(7-10)16-8-11(18)9-17-3-5-19-6-4-17/h1-2,7,11,16,18H,3-6,8-9H2. The molecule has 0 saturated carbocycles. The van der Waals surface area contributed by atoms with E-state index < -0.39 is 6.10 Å². The van der Waals surface area contributed by atoms with Crippen molar-refractivity contribution in [1.82, 2.24) is 4.90 Å². The monoisotopic (exact) mass is 348 g/mol. The van der Waals surface area contributed by atoms with Gasteiger partial charge in [0.25, 0.3) is 0 Å². The molecule has 1 aliphatic heterocycles. The summed E-state index contributed by atoms with van der Waals surface area (Å²) in [5, 5.41) is 13.9. The van der Waals surface area contributed by atoms with Gasteiger partial charge in [-0.05, 0) is 18.2 Å². The molecule has 1 aromatic rings. The van der Waals surface area contributed by atoms with Crippen molar-refractivity contribution in [3.8, 4) is 0 Å². The third kappa shape index (κ3) is 4.93. The molecule has 0 aromatic heterocycles. The van der Waals surface area contributed by atoms with Crippen LogP contribution in [0.4, 0.5) is 5.69 Å². The Morgan fingerprint density at radius 3 is 2.89 bits per heavy atom. The van der Waals surface area contributed by atoms with Crippen LogP contribution in [-0.2, 0) is 4.74 Å². The minimum absolute atomic E-state index is 0.423. The van der Waals surface area contributed by atoms with Crippen molar-refractivity contribution in [1.29, 1.82) is 0 Å². The first-order valence-corrected chi connectivity index (χ1v) is 7.49. The molecule has 1 aliphatic rings. The van der Waals surface area contributed by atoms with Crippen molar-refractivity contribution in [2.45, 2.75) is 6.10 Å². The second kappa shape index (κ2) is 7.45. The number of hydrogen-bond acceptors (Lipinski definition) is 4. The number of morpholine rings is 1. The van der Waals surface area contributed by atoms with Gasteiger partial charge in [0.1, 0.15) is 0 Å². The fraction of sp³-hybridized carbons (Fsp3) is 0.538. The van der Waals surface area contributed by atoms with Gasteiger partial charge in [0.2, 0.25) is 0 Å². The van der Waals surface area contributed by atoms with E-state index in [9.17, 15) is 5.11 Å². The summed E-state index contributed by atoms with van der Waals surface area (Å²) in [6.45, 7) is 4.40. The molecule has 1 unspecified atom stereocenters. The predicted octanol–water partition coefficient (Wildman–Crippen LogP) is 2.21. The maximum absolute atomic E-state index is 10.0. The Morgan fingerprint density at radius 2 is 2.16 bits per heavy atom. The third-order valence-corrected chi connectivity index (χ3v) is 3.85. The summed E-state index contributed by atoms with van der Waals surface area (Å²) in [6, 6.07) is 5.61. The van der Waals surface area contributed by atoms with Crippen molar-refractivity contribution < 1.29 is 9.84 Å². The molecule has 19 heavy (non-hydrogen) atoms. The van der Waals surface area contributed by atoms with Gasteiger partial charge in [-0.1, -0.05) is 27.5 Å². The van der Waals surface area contributed by atoms with Gasteiger partial charge in [0, 0.05) is 30.7 Å². The number of rotatable bonds is 5. The first-order chi connectivity index (χ1) is 9.15. The molecule has 4 nitrogen and oxygen atoms in total. The van der Waals surface area contributed by atoms with Gasteiger partial charge in [-0.15, -0.1) is 0 Å². The Hall–Kier alpha value is -0.330. The van der Waals surface area contributed by atoms with E-state index in [4.69, 9.17) is 16.3 Å². The lowest BCUT2D eigenvalue weighted by molar-refractivity contribution is 0.0171. The summed E-state index contributed by atoms with van der Waals surface area (Å²) in [4.78, 5) is 2.21.